The first-order valence-corrected chi connectivity index (χ1v) is 10.4. The van der Waals surface area contributed by atoms with Gasteiger partial charge in [0.05, 0.1) is 22.9 Å². The van der Waals surface area contributed by atoms with Crippen molar-refractivity contribution < 1.29 is 4.79 Å². The second-order valence-corrected chi connectivity index (χ2v) is 7.95. The van der Waals surface area contributed by atoms with Crippen LogP contribution in [0, 0.1) is 0 Å². The second-order valence-electron chi connectivity index (χ2n) is 7.54. The largest absolute Gasteiger partial charge is 0.342 e. The van der Waals surface area contributed by atoms with Gasteiger partial charge in [0.1, 0.15) is 0 Å². The van der Waals surface area contributed by atoms with Crippen LogP contribution in [0.4, 0.5) is 0 Å². The molecule has 0 aliphatic carbocycles. The first kappa shape index (κ1) is 20.5. The van der Waals surface area contributed by atoms with Crippen LogP contribution in [0.5, 0.6) is 0 Å². The molecule has 0 spiro atoms. The molecule has 0 radical (unpaired) electrons. The van der Waals surface area contributed by atoms with E-state index in [0.717, 1.165) is 38.3 Å². The molecule has 1 aliphatic rings. The van der Waals surface area contributed by atoms with Crippen molar-refractivity contribution in [3.8, 4) is 5.69 Å². The lowest BCUT2D eigenvalue weighted by atomic mass is 10.1. The number of carbonyl (C=O) groups excluding carboxylic acids is 1. The van der Waals surface area contributed by atoms with Gasteiger partial charge in [-0.2, -0.15) is 0 Å². The molecule has 30 heavy (non-hydrogen) atoms. The Hall–Kier alpha value is -2.74. The number of halogens is 1. The van der Waals surface area contributed by atoms with Gasteiger partial charge in [-0.05, 0) is 24.7 Å². The summed E-state index contributed by atoms with van der Waals surface area (Å²) in [6, 6.07) is 17.2. The van der Waals surface area contributed by atoms with Crippen LogP contribution in [0.25, 0.3) is 5.69 Å². The molecule has 1 fully saturated rings. The number of nitrogens with one attached hydrogen (secondary N) is 1. The van der Waals surface area contributed by atoms with Crippen LogP contribution in [0.15, 0.2) is 60.8 Å². The fourth-order valence-corrected chi connectivity index (χ4v) is 3.79. The minimum Gasteiger partial charge on any atom is -0.342 e. The number of carbonyl (C=O) groups is 1. The monoisotopic (exact) mass is 424 g/mol. The normalized spacial score (nSPS) is 16.3. The molecule has 8 heteroatoms. The van der Waals surface area contributed by atoms with Crippen LogP contribution in [0.2, 0.25) is 5.02 Å². The highest BCUT2D eigenvalue weighted by atomic mass is 35.5. The van der Waals surface area contributed by atoms with Gasteiger partial charge in [-0.3, -0.25) is 9.69 Å². The van der Waals surface area contributed by atoms with Gasteiger partial charge < -0.3 is 10.2 Å². The molecule has 1 aromatic heterocycles. The lowest BCUT2D eigenvalue weighted by molar-refractivity contribution is 0.0902. The van der Waals surface area contributed by atoms with Crippen LogP contribution in [-0.2, 0) is 0 Å². The van der Waals surface area contributed by atoms with Gasteiger partial charge >= 0.3 is 0 Å². The van der Waals surface area contributed by atoms with Crippen LogP contribution in [-0.4, -0.2) is 70.5 Å². The first-order chi connectivity index (χ1) is 14.6. The summed E-state index contributed by atoms with van der Waals surface area (Å²) < 4.78 is 1.52. The van der Waals surface area contributed by atoms with Gasteiger partial charge in [0.25, 0.3) is 5.91 Å². The Balaban J connectivity index is 1.50. The predicted octanol–water partition coefficient (Wildman–Crippen LogP) is 2.64. The summed E-state index contributed by atoms with van der Waals surface area (Å²) in [6.45, 7) is 4.78. The molecule has 1 saturated heterocycles. The van der Waals surface area contributed by atoms with Crippen LogP contribution >= 0.6 is 11.6 Å². The second kappa shape index (κ2) is 9.38. The number of nitrogens with zero attached hydrogens (tertiary/aromatic N) is 5. The summed E-state index contributed by atoms with van der Waals surface area (Å²) in [7, 11) is 2.14. The summed E-state index contributed by atoms with van der Waals surface area (Å²) in [5.41, 5.74) is 2.01. The van der Waals surface area contributed by atoms with Crippen LogP contribution in [0.1, 0.15) is 22.1 Å². The number of hydrogen-bond acceptors (Lipinski definition) is 5. The zero-order chi connectivity index (χ0) is 20.9. The average molecular weight is 425 g/mol. The molecule has 2 heterocycles. The highest BCUT2D eigenvalue weighted by Gasteiger charge is 2.23. The Morgan fingerprint density at radius 3 is 2.50 bits per heavy atom. The van der Waals surface area contributed by atoms with Crippen LogP contribution in [0.3, 0.4) is 0 Å². The number of likely N-dealkylation sites (N-methyl/N-ethyl adjacent to an activating group) is 1. The summed E-state index contributed by atoms with van der Waals surface area (Å²) in [5.74, 6) is -0.253. The third-order valence-corrected chi connectivity index (χ3v) is 5.69. The van der Waals surface area contributed by atoms with E-state index in [1.165, 1.54) is 4.68 Å². The van der Waals surface area contributed by atoms with Gasteiger partial charge in [0.15, 0.2) is 5.69 Å². The number of benzene rings is 2. The number of hydrogen-bond donors (Lipinski definition) is 1. The molecular formula is C22H25ClN6O. The molecule has 0 saturated carbocycles. The molecule has 1 N–H and O–H groups in total. The summed E-state index contributed by atoms with van der Waals surface area (Å²) in [6.07, 6.45) is 1.61. The highest BCUT2D eigenvalue weighted by Crippen LogP contribution is 2.19. The van der Waals surface area contributed by atoms with Gasteiger partial charge in [-0.15, -0.1) is 5.10 Å². The summed E-state index contributed by atoms with van der Waals surface area (Å²) in [4.78, 5) is 17.7. The van der Waals surface area contributed by atoms with E-state index in [2.05, 4.69) is 32.5 Å². The summed E-state index contributed by atoms with van der Waals surface area (Å²) in [5, 5.41) is 11.8. The van der Waals surface area contributed by atoms with Gasteiger partial charge in [-0.25, -0.2) is 4.68 Å². The molecule has 1 unspecified atom stereocenters. The van der Waals surface area contributed by atoms with Gasteiger partial charge in [0.2, 0.25) is 0 Å². The minimum absolute atomic E-state index is 0.132. The first-order valence-electron chi connectivity index (χ1n) is 10.0. The van der Waals surface area contributed by atoms with Crippen molar-refractivity contribution >= 4 is 17.5 Å². The fraction of sp³-hybridized carbons (Fsp3) is 0.318. The van der Waals surface area contributed by atoms with E-state index in [9.17, 15) is 4.79 Å². The van der Waals surface area contributed by atoms with E-state index >= 15 is 0 Å². The maximum absolute atomic E-state index is 13.0. The van der Waals surface area contributed by atoms with E-state index < -0.39 is 0 Å². The zero-order valence-corrected chi connectivity index (χ0v) is 17.7. The number of piperazine rings is 1. The molecule has 1 amide bonds. The Kier molecular flexibility index (Phi) is 6.42. The third kappa shape index (κ3) is 4.87. The van der Waals surface area contributed by atoms with E-state index in [1.54, 1.807) is 12.3 Å². The van der Waals surface area contributed by atoms with Crippen LogP contribution < -0.4 is 5.32 Å². The SMILES string of the molecule is CN1CCN(CC(NC(=O)c2cn(-c3ccccc3Cl)nn2)c2ccccc2)CC1. The third-order valence-electron chi connectivity index (χ3n) is 5.37. The Morgan fingerprint density at radius 2 is 1.77 bits per heavy atom. The van der Waals surface area contributed by atoms with E-state index in [4.69, 9.17) is 11.6 Å². The molecule has 156 valence electrons. The summed E-state index contributed by atoms with van der Waals surface area (Å²) >= 11 is 6.23. The molecule has 3 aromatic rings. The molecule has 2 aromatic carbocycles. The van der Waals surface area contributed by atoms with E-state index in [1.807, 2.05) is 48.5 Å². The molecular weight excluding hydrogens is 400 g/mol. The van der Waals surface area contributed by atoms with Crippen molar-refractivity contribution in [1.82, 2.24) is 30.1 Å². The lowest BCUT2D eigenvalue weighted by Gasteiger charge is -2.35. The van der Waals surface area contributed by atoms with E-state index in [0.29, 0.717) is 10.7 Å². The Bertz CT molecular complexity index is 984. The zero-order valence-electron chi connectivity index (χ0n) is 16.9. The topological polar surface area (TPSA) is 66.3 Å². The highest BCUT2D eigenvalue weighted by molar-refractivity contribution is 6.32. The Labute approximate surface area is 181 Å². The fourth-order valence-electron chi connectivity index (χ4n) is 3.56. The smallest absolute Gasteiger partial charge is 0.274 e. The molecule has 7 nitrogen and oxygen atoms in total. The average Bonchev–Trinajstić information content (AvgIpc) is 3.26. The Morgan fingerprint density at radius 1 is 1.07 bits per heavy atom. The van der Waals surface area contributed by atoms with Crippen molar-refractivity contribution in [2.45, 2.75) is 6.04 Å². The quantitative estimate of drug-likeness (QED) is 0.659. The molecule has 0 bridgehead atoms. The van der Waals surface area contributed by atoms with Crippen molar-refractivity contribution in [3.63, 3.8) is 0 Å². The number of para-hydroxylation sites is 1. The van der Waals surface area contributed by atoms with Crippen molar-refractivity contribution in [2.24, 2.45) is 0 Å². The predicted molar refractivity (Wildman–Crippen MR) is 117 cm³/mol. The van der Waals surface area contributed by atoms with Crippen molar-refractivity contribution in [2.75, 3.05) is 39.8 Å². The van der Waals surface area contributed by atoms with E-state index in [-0.39, 0.29) is 17.6 Å². The minimum atomic E-state index is -0.253. The van der Waals surface area contributed by atoms with Crippen molar-refractivity contribution in [1.29, 1.82) is 0 Å². The maximum Gasteiger partial charge on any atom is 0.274 e. The number of amides is 1. The lowest BCUT2D eigenvalue weighted by Crippen LogP contribution is -2.47. The molecule has 4 rings (SSSR count). The maximum atomic E-state index is 13.0. The van der Waals surface area contributed by atoms with Gasteiger partial charge in [-0.1, -0.05) is 59.3 Å². The molecule has 1 aliphatic heterocycles. The van der Waals surface area contributed by atoms with Crippen molar-refractivity contribution in [3.05, 3.63) is 77.1 Å². The number of rotatable bonds is 6. The molecule has 1 atom stereocenters. The number of aromatic nitrogens is 3. The standard InChI is InChI=1S/C22H25ClN6O/c1-27-11-13-28(14-12-27)15-19(17-7-3-2-4-8-17)24-22(30)20-16-29(26-25-20)21-10-6-5-9-18(21)23/h2-10,16,19H,11-15H2,1H3,(H,24,30). The van der Waals surface area contributed by atoms with Gasteiger partial charge in [0, 0.05) is 32.7 Å².